The summed E-state index contributed by atoms with van der Waals surface area (Å²) in [4.78, 5) is 11.9. The van der Waals surface area contributed by atoms with Crippen molar-refractivity contribution in [2.75, 3.05) is 0 Å². The molecule has 0 amide bonds. The van der Waals surface area contributed by atoms with E-state index in [4.69, 9.17) is 5.26 Å². The number of Topliss-reactive ketones (excluding diaryl/α,β-unsaturated/α-hetero) is 1. The summed E-state index contributed by atoms with van der Waals surface area (Å²) in [5, 5.41) is 9.11. The van der Waals surface area contributed by atoms with Crippen LogP contribution in [0.3, 0.4) is 0 Å². The number of hydrogen-bond donors (Lipinski definition) is 0. The Morgan fingerprint density at radius 3 is 1.88 bits per heavy atom. The molecule has 0 saturated heterocycles. The van der Waals surface area contributed by atoms with Crippen LogP contribution in [0.4, 0.5) is 0 Å². The second kappa shape index (κ2) is 5.63. The molecule has 0 heterocycles. The van der Waals surface area contributed by atoms with Crippen LogP contribution in [0.2, 0.25) is 0 Å². The normalized spacial score (nSPS) is 12.5. The Balaban J connectivity index is 2.99. The first kappa shape index (κ1) is 13.4. The van der Waals surface area contributed by atoms with Crippen LogP contribution in [0.5, 0.6) is 0 Å². The first-order chi connectivity index (χ1) is 7.97. The summed E-state index contributed by atoms with van der Waals surface area (Å²) >= 11 is 0. The van der Waals surface area contributed by atoms with Gasteiger partial charge in [-0.15, -0.1) is 0 Å². The van der Waals surface area contributed by atoms with Crippen LogP contribution in [0, 0.1) is 17.2 Å². The lowest BCUT2D eigenvalue weighted by molar-refractivity contribution is -0.122. The van der Waals surface area contributed by atoms with Gasteiger partial charge in [-0.1, -0.05) is 52.0 Å². The number of ketones is 1. The van der Waals surface area contributed by atoms with E-state index in [9.17, 15) is 4.79 Å². The number of nitrogens with zero attached hydrogens (tertiary/aromatic N) is 1. The van der Waals surface area contributed by atoms with Gasteiger partial charge in [-0.05, 0) is 17.0 Å². The third-order valence-corrected chi connectivity index (χ3v) is 2.92. The summed E-state index contributed by atoms with van der Waals surface area (Å²) in [5.41, 5.74) is 2.03. The van der Waals surface area contributed by atoms with Crippen LogP contribution in [0.1, 0.15) is 50.7 Å². The maximum atomic E-state index is 11.9. The molecule has 90 valence electrons. The van der Waals surface area contributed by atoms with Crippen LogP contribution >= 0.6 is 0 Å². The van der Waals surface area contributed by atoms with Crippen molar-refractivity contribution in [1.82, 2.24) is 0 Å². The number of carbonyl (C=O) groups is 1. The van der Waals surface area contributed by atoms with Gasteiger partial charge in [0, 0.05) is 5.92 Å². The minimum atomic E-state index is -0.629. The van der Waals surface area contributed by atoms with Crippen molar-refractivity contribution >= 4 is 5.78 Å². The van der Waals surface area contributed by atoms with Gasteiger partial charge in [0.05, 0.1) is 6.07 Å². The van der Waals surface area contributed by atoms with Gasteiger partial charge in [-0.3, -0.25) is 4.79 Å². The van der Waals surface area contributed by atoms with Crippen molar-refractivity contribution in [3.63, 3.8) is 0 Å². The molecule has 2 heteroatoms. The van der Waals surface area contributed by atoms with Crippen molar-refractivity contribution in [2.45, 2.75) is 39.5 Å². The molecule has 1 unspecified atom stereocenters. The largest absolute Gasteiger partial charge is 0.298 e. The van der Waals surface area contributed by atoms with Gasteiger partial charge >= 0.3 is 0 Å². The Morgan fingerprint density at radius 1 is 1.06 bits per heavy atom. The lowest BCUT2D eigenvalue weighted by atomic mass is 9.89. The fraction of sp³-hybridized carbons (Fsp3) is 0.467. The SMILES string of the molecule is CC(C)C(=O)C(C#N)c1ccc(C(C)C)cc1. The zero-order chi connectivity index (χ0) is 13.0. The maximum Gasteiger partial charge on any atom is 0.156 e. The van der Waals surface area contributed by atoms with E-state index in [1.807, 2.05) is 38.1 Å². The molecule has 0 N–H and O–H groups in total. The Labute approximate surface area is 103 Å². The molecule has 17 heavy (non-hydrogen) atoms. The Bertz CT molecular complexity index is 423. The number of rotatable bonds is 4. The lowest BCUT2D eigenvalue weighted by Crippen LogP contribution is -2.16. The van der Waals surface area contributed by atoms with Crippen molar-refractivity contribution in [3.05, 3.63) is 35.4 Å². The van der Waals surface area contributed by atoms with Crippen LogP contribution < -0.4 is 0 Å². The summed E-state index contributed by atoms with van der Waals surface area (Å²) in [6, 6.07) is 9.88. The van der Waals surface area contributed by atoms with E-state index in [0.29, 0.717) is 5.92 Å². The topological polar surface area (TPSA) is 40.9 Å². The minimum absolute atomic E-state index is 0.00945. The first-order valence-corrected chi connectivity index (χ1v) is 6.00. The zero-order valence-corrected chi connectivity index (χ0v) is 10.9. The van der Waals surface area contributed by atoms with Crippen LogP contribution in [0.25, 0.3) is 0 Å². The molecule has 2 nitrogen and oxygen atoms in total. The predicted molar refractivity (Wildman–Crippen MR) is 68.7 cm³/mol. The molecule has 0 spiro atoms. The summed E-state index contributed by atoms with van der Waals surface area (Å²) < 4.78 is 0. The molecule has 0 radical (unpaired) electrons. The van der Waals surface area contributed by atoms with Gasteiger partial charge in [0.15, 0.2) is 5.78 Å². The standard InChI is InChI=1S/C15H19NO/c1-10(2)12-5-7-13(8-6-12)14(9-16)15(17)11(3)4/h5-8,10-11,14H,1-4H3. The monoisotopic (exact) mass is 229 g/mol. The number of carbonyl (C=O) groups excluding carboxylic acids is 1. The molecular weight excluding hydrogens is 210 g/mol. The molecule has 0 aromatic heterocycles. The molecule has 0 aliphatic heterocycles. The highest BCUT2D eigenvalue weighted by molar-refractivity contribution is 5.89. The van der Waals surface area contributed by atoms with Crippen molar-refractivity contribution in [3.8, 4) is 6.07 Å². The van der Waals surface area contributed by atoms with Gasteiger partial charge in [-0.2, -0.15) is 5.26 Å². The third-order valence-electron chi connectivity index (χ3n) is 2.92. The lowest BCUT2D eigenvalue weighted by Gasteiger charge is -2.12. The minimum Gasteiger partial charge on any atom is -0.298 e. The van der Waals surface area contributed by atoms with E-state index in [1.165, 1.54) is 5.56 Å². The molecule has 1 rings (SSSR count). The molecule has 0 saturated carbocycles. The van der Waals surface area contributed by atoms with Crippen LogP contribution in [0.15, 0.2) is 24.3 Å². The molecular formula is C15H19NO. The van der Waals surface area contributed by atoms with Crippen molar-refractivity contribution in [1.29, 1.82) is 5.26 Å². The smallest absolute Gasteiger partial charge is 0.156 e. The Kier molecular flexibility index (Phi) is 4.45. The fourth-order valence-corrected chi connectivity index (χ4v) is 1.71. The van der Waals surface area contributed by atoms with Gasteiger partial charge in [0.2, 0.25) is 0 Å². The van der Waals surface area contributed by atoms with E-state index in [2.05, 4.69) is 19.9 Å². The van der Waals surface area contributed by atoms with E-state index >= 15 is 0 Å². The highest BCUT2D eigenvalue weighted by Crippen LogP contribution is 2.22. The average molecular weight is 229 g/mol. The number of nitriles is 1. The average Bonchev–Trinajstić information content (AvgIpc) is 2.30. The summed E-state index contributed by atoms with van der Waals surface area (Å²) in [6.45, 7) is 7.90. The van der Waals surface area contributed by atoms with Gasteiger partial charge < -0.3 is 0 Å². The van der Waals surface area contributed by atoms with Crippen LogP contribution in [-0.2, 0) is 4.79 Å². The molecule has 0 fully saturated rings. The highest BCUT2D eigenvalue weighted by atomic mass is 16.1. The molecule has 1 aromatic carbocycles. The van der Waals surface area contributed by atoms with Gasteiger partial charge in [-0.25, -0.2) is 0 Å². The van der Waals surface area contributed by atoms with E-state index in [1.54, 1.807) is 0 Å². The second-order valence-corrected chi connectivity index (χ2v) is 4.94. The molecule has 0 aliphatic rings. The van der Waals surface area contributed by atoms with E-state index in [0.717, 1.165) is 5.56 Å². The van der Waals surface area contributed by atoms with Crippen LogP contribution in [-0.4, -0.2) is 5.78 Å². The fourth-order valence-electron chi connectivity index (χ4n) is 1.71. The summed E-state index contributed by atoms with van der Waals surface area (Å²) in [5.74, 6) is -0.282. The highest BCUT2D eigenvalue weighted by Gasteiger charge is 2.22. The Hall–Kier alpha value is -1.62. The van der Waals surface area contributed by atoms with Crippen molar-refractivity contribution < 1.29 is 4.79 Å². The molecule has 1 atom stereocenters. The summed E-state index contributed by atoms with van der Waals surface area (Å²) in [7, 11) is 0. The summed E-state index contributed by atoms with van der Waals surface area (Å²) in [6.07, 6.45) is 0. The molecule has 1 aromatic rings. The van der Waals surface area contributed by atoms with Gasteiger partial charge in [0.1, 0.15) is 5.92 Å². The van der Waals surface area contributed by atoms with Crippen molar-refractivity contribution in [2.24, 2.45) is 5.92 Å². The molecule has 0 aliphatic carbocycles. The quantitative estimate of drug-likeness (QED) is 0.790. The van der Waals surface area contributed by atoms with Gasteiger partial charge in [0.25, 0.3) is 0 Å². The second-order valence-electron chi connectivity index (χ2n) is 4.94. The van der Waals surface area contributed by atoms with E-state index < -0.39 is 5.92 Å². The number of benzene rings is 1. The number of hydrogen-bond acceptors (Lipinski definition) is 2. The Morgan fingerprint density at radius 2 is 1.53 bits per heavy atom. The third kappa shape index (κ3) is 3.17. The maximum absolute atomic E-state index is 11.9. The zero-order valence-electron chi connectivity index (χ0n) is 10.9. The first-order valence-electron chi connectivity index (χ1n) is 6.00. The van der Waals surface area contributed by atoms with E-state index in [-0.39, 0.29) is 11.7 Å². The predicted octanol–water partition coefficient (Wildman–Crippen LogP) is 3.64. The molecule has 0 bridgehead atoms.